The zero-order valence-electron chi connectivity index (χ0n) is 24.1. The highest BCUT2D eigenvalue weighted by molar-refractivity contribution is 9.10. The lowest BCUT2D eigenvalue weighted by Gasteiger charge is -2.17. The van der Waals surface area contributed by atoms with Crippen LogP contribution in [0.25, 0.3) is 16.8 Å². The molecule has 0 bridgehead atoms. The van der Waals surface area contributed by atoms with Gasteiger partial charge in [-0.2, -0.15) is 0 Å². The van der Waals surface area contributed by atoms with Crippen molar-refractivity contribution in [1.82, 2.24) is 14.5 Å². The number of ether oxygens (including phenoxy) is 2. The van der Waals surface area contributed by atoms with Gasteiger partial charge in [0.1, 0.15) is 11.9 Å². The average molecular weight is 658 g/mol. The summed E-state index contributed by atoms with van der Waals surface area (Å²) in [5.74, 6) is -1.33. The number of benzene rings is 2. The van der Waals surface area contributed by atoms with E-state index < -0.39 is 29.6 Å². The lowest BCUT2D eigenvalue weighted by atomic mass is 9.99. The first-order valence-corrected chi connectivity index (χ1v) is 15.1. The summed E-state index contributed by atoms with van der Waals surface area (Å²) in [5, 5.41) is 9.50. The zero-order chi connectivity index (χ0) is 31.0. The van der Waals surface area contributed by atoms with Crippen molar-refractivity contribution in [2.24, 2.45) is 4.99 Å². The molecule has 6 rings (SSSR count). The Morgan fingerprint density at radius 1 is 1.07 bits per heavy atom. The van der Waals surface area contributed by atoms with Crippen LogP contribution in [0.15, 0.2) is 76.5 Å². The lowest BCUT2D eigenvalue weighted by molar-refractivity contribution is -0.171. The Bertz CT molecular complexity index is 1830. The van der Waals surface area contributed by atoms with Gasteiger partial charge in [0.25, 0.3) is 0 Å². The van der Waals surface area contributed by atoms with E-state index in [9.17, 15) is 19.5 Å². The summed E-state index contributed by atoms with van der Waals surface area (Å²) in [7, 11) is 0. The normalized spacial score (nSPS) is 16.2. The minimum Gasteiger partial charge on any atom is -0.478 e. The Labute approximate surface area is 261 Å². The molecule has 0 radical (unpaired) electrons. The molecule has 1 aliphatic heterocycles. The van der Waals surface area contributed by atoms with Gasteiger partial charge < -0.3 is 14.6 Å². The number of nitrogens with zero attached hydrogens (tertiary/aromatic N) is 4. The topological polar surface area (TPSA) is 133 Å². The average Bonchev–Trinajstić information content (AvgIpc) is 3.73. The summed E-state index contributed by atoms with van der Waals surface area (Å²) < 4.78 is 13.6. The number of carboxylic acid groups (broad SMARTS) is 1. The van der Waals surface area contributed by atoms with Gasteiger partial charge in [0.2, 0.25) is 5.60 Å². The summed E-state index contributed by atoms with van der Waals surface area (Å²) in [4.78, 5) is 51.5. The fourth-order valence-corrected chi connectivity index (χ4v) is 5.76. The first-order valence-electron chi connectivity index (χ1n) is 14.3. The third-order valence-corrected chi connectivity index (χ3v) is 8.22. The number of aryl methyl sites for hydroxylation is 1. The maximum absolute atomic E-state index is 13.0. The minimum atomic E-state index is -1.18. The molecule has 10 nitrogen and oxygen atoms in total. The highest BCUT2D eigenvalue weighted by Gasteiger charge is 2.55. The Balaban J connectivity index is 1.39. The van der Waals surface area contributed by atoms with E-state index in [2.05, 4.69) is 20.9 Å². The number of carbonyl (C=O) groups excluding carboxylic acids is 2. The summed E-state index contributed by atoms with van der Waals surface area (Å²) in [6.07, 6.45) is 4.66. The molecule has 0 saturated heterocycles. The van der Waals surface area contributed by atoms with Crippen molar-refractivity contribution in [3.63, 3.8) is 0 Å². The Morgan fingerprint density at radius 2 is 1.86 bits per heavy atom. The molecule has 1 N–H and O–H groups in total. The smallest absolute Gasteiger partial charge is 0.350 e. The maximum Gasteiger partial charge on any atom is 0.350 e. The number of hydrogen-bond donors (Lipinski definition) is 1. The van der Waals surface area contributed by atoms with E-state index in [4.69, 9.17) is 19.5 Å². The molecular weight excluding hydrogens is 628 g/mol. The van der Waals surface area contributed by atoms with Crippen molar-refractivity contribution >= 4 is 39.5 Å². The van der Waals surface area contributed by atoms with Crippen LogP contribution in [0.2, 0.25) is 0 Å². The molecule has 11 heteroatoms. The third-order valence-electron chi connectivity index (χ3n) is 7.73. The van der Waals surface area contributed by atoms with E-state index in [1.165, 1.54) is 0 Å². The number of rotatable bonds is 9. The Hall–Kier alpha value is -4.64. The number of carboxylic acids is 1. The van der Waals surface area contributed by atoms with Gasteiger partial charge in [-0.15, -0.1) is 0 Å². The summed E-state index contributed by atoms with van der Waals surface area (Å²) in [6.45, 7) is 3.90. The van der Waals surface area contributed by atoms with Crippen LogP contribution in [0.1, 0.15) is 71.8 Å². The van der Waals surface area contributed by atoms with Crippen molar-refractivity contribution in [2.75, 3.05) is 6.61 Å². The number of halogens is 1. The second kappa shape index (κ2) is 11.8. The number of hydrogen-bond acceptors (Lipinski definition) is 8. The molecule has 2 aromatic heterocycles. The molecule has 1 aliphatic carbocycles. The van der Waals surface area contributed by atoms with Crippen molar-refractivity contribution < 1.29 is 29.0 Å². The Kier molecular flexibility index (Phi) is 7.89. The number of fused-ring (bicyclic) bond motifs is 3. The predicted molar refractivity (Wildman–Crippen MR) is 165 cm³/mol. The van der Waals surface area contributed by atoms with E-state index in [1.807, 2.05) is 47.9 Å². The zero-order valence-corrected chi connectivity index (χ0v) is 25.7. The maximum atomic E-state index is 13.0. The quantitative estimate of drug-likeness (QED) is 0.216. The van der Waals surface area contributed by atoms with Crippen LogP contribution in [0.5, 0.6) is 0 Å². The van der Waals surface area contributed by atoms with Crippen LogP contribution < -0.4 is 0 Å². The molecular formula is C33H29BrN4O6. The number of aromatic nitrogens is 3. The summed E-state index contributed by atoms with van der Waals surface area (Å²) in [6, 6.07) is 15.8. The molecule has 2 aromatic carbocycles. The first kappa shape index (κ1) is 29.4. The number of esters is 2. The third kappa shape index (κ3) is 5.67. The molecule has 2 aliphatic rings. The van der Waals surface area contributed by atoms with E-state index >= 15 is 0 Å². The number of aromatic carboxylic acids is 1. The van der Waals surface area contributed by atoms with Crippen molar-refractivity contribution in [2.45, 2.75) is 51.2 Å². The highest BCUT2D eigenvalue weighted by atomic mass is 79.9. The van der Waals surface area contributed by atoms with Gasteiger partial charge >= 0.3 is 17.9 Å². The first-order chi connectivity index (χ1) is 21.2. The molecule has 3 heterocycles. The molecule has 0 amide bonds. The molecule has 1 fully saturated rings. The molecule has 0 spiro atoms. The summed E-state index contributed by atoms with van der Waals surface area (Å²) in [5.41, 5.74) is 4.29. The van der Waals surface area contributed by atoms with Crippen LogP contribution in [-0.4, -0.2) is 55.5 Å². The van der Waals surface area contributed by atoms with Gasteiger partial charge in [-0.05, 0) is 73.9 Å². The second-order valence-corrected chi connectivity index (χ2v) is 11.7. The van der Waals surface area contributed by atoms with Crippen molar-refractivity contribution in [3.05, 3.63) is 99.8 Å². The molecule has 224 valence electrons. The van der Waals surface area contributed by atoms with Gasteiger partial charge in [0.05, 0.1) is 29.3 Å². The molecule has 44 heavy (non-hydrogen) atoms. The van der Waals surface area contributed by atoms with Crippen LogP contribution in [0.3, 0.4) is 0 Å². The van der Waals surface area contributed by atoms with Crippen LogP contribution in [-0.2, 0) is 19.1 Å². The molecule has 1 atom stereocenters. The fourth-order valence-electron chi connectivity index (χ4n) is 5.40. The standard InChI is InChI=1S/C33H29BrN4O6/c1-3-43-32(42)33(12-13-33)44-28(39)10-8-25-30-36-18-19(2)38(30)27-9-7-23(34)17-24(27)29(37-25)26-16-21(11-14-35-26)20-5-4-6-22(15-20)31(40)41/h4-7,9,11,14-18,25H,3,8,10,12-13H2,1-2H3,(H,40,41)/t25-/m0/s1. The van der Waals surface area contributed by atoms with Gasteiger partial charge in [-0.3, -0.25) is 19.3 Å². The SMILES string of the molecule is CCOC(=O)C1(OC(=O)CC[C@@H]2N=C(c3cc(-c4cccc(C(=O)O)c4)ccn3)c3cc(Br)ccc3-n3c(C)cnc32)CC1. The lowest BCUT2D eigenvalue weighted by Crippen LogP contribution is -2.31. The minimum absolute atomic E-state index is 0.0179. The van der Waals surface area contributed by atoms with Crippen LogP contribution in [0, 0.1) is 6.92 Å². The molecule has 0 unspecified atom stereocenters. The summed E-state index contributed by atoms with van der Waals surface area (Å²) >= 11 is 3.60. The van der Waals surface area contributed by atoms with Gasteiger partial charge in [-0.1, -0.05) is 28.1 Å². The monoisotopic (exact) mass is 656 g/mol. The Morgan fingerprint density at radius 3 is 2.61 bits per heavy atom. The number of imidazole rings is 1. The van der Waals surface area contributed by atoms with Crippen LogP contribution >= 0.6 is 15.9 Å². The van der Waals surface area contributed by atoms with Crippen molar-refractivity contribution in [3.8, 4) is 16.8 Å². The van der Waals surface area contributed by atoms with Crippen LogP contribution in [0.4, 0.5) is 0 Å². The van der Waals surface area contributed by atoms with Gasteiger partial charge in [0, 0.05) is 47.4 Å². The highest BCUT2D eigenvalue weighted by Crippen LogP contribution is 2.42. The number of pyridine rings is 1. The van der Waals surface area contributed by atoms with E-state index in [1.54, 1.807) is 37.5 Å². The van der Waals surface area contributed by atoms with E-state index in [0.717, 1.165) is 32.5 Å². The molecule has 1 saturated carbocycles. The number of carbonyl (C=O) groups is 3. The fraction of sp³-hybridized carbons (Fsp3) is 0.273. The molecule has 4 aromatic rings. The second-order valence-electron chi connectivity index (χ2n) is 10.8. The van der Waals surface area contributed by atoms with Gasteiger partial charge in [0.15, 0.2) is 0 Å². The van der Waals surface area contributed by atoms with Crippen molar-refractivity contribution in [1.29, 1.82) is 0 Å². The number of aliphatic imine (C=N–C) groups is 1. The predicted octanol–water partition coefficient (Wildman–Crippen LogP) is 6.01. The van der Waals surface area contributed by atoms with Gasteiger partial charge in [-0.25, -0.2) is 14.6 Å². The van der Waals surface area contributed by atoms with E-state index in [-0.39, 0.29) is 25.0 Å². The largest absolute Gasteiger partial charge is 0.478 e. The van der Waals surface area contributed by atoms with E-state index in [0.29, 0.717) is 30.1 Å².